The van der Waals surface area contributed by atoms with E-state index in [9.17, 15) is 10.1 Å². The number of hydrogen-bond acceptors (Lipinski definition) is 8. The normalized spacial score (nSPS) is 11.1. The minimum Gasteiger partial charge on any atom is -0.456 e. The SMILES string of the molecule is Brc1cccc2oc3ccccc3c12.Nc1ccccc1Nc1cccc2oc3ccccc3c12.O=[N+]([O-])c1ccccc1Nc1cccc2oc3ccccc3c12. The summed E-state index contributed by atoms with van der Waals surface area (Å²) >= 11 is 3.54. The fourth-order valence-corrected chi connectivity index (χ4v) is 7.69. The van der Waals surface area contributed by atoms with E-state index in [1.54, 1.807) is 18.2 Å². The van der Waals surface area contributed by atoms with E-state index in [1.807, 2.05) is 140 Å². The highest BCUT2D eigenvalue weighted by Gasteiger charge is 2.16. The molecular weight excluding hydrogens is 792 g/mol. The van der Waals surface area contributed by atoms with Crippen molar-refractivity contribution in [1.29, 1.82) is 0 Å². The first-order valence-electron chi connectivity index (χ1n) is 18.4. The van der Waals surface area contributed by atoms with Crippen molar-refractivity contribution < 1.29 is 18.2 Å². The standard InChI is InChI=1S/C18H12N2O3.C18H14N2O.C12H7BrO/c21-20(22)15-9-3-2-7-13(15)19-14-8-5-11-17-18(14)12-6-1-4-10-16(12)23-17;19-13-7-2-3-8-14(13)20-15-9-5-11-17-18(15)12-6-1-4-10-16(12)21-17;13-9-5-3-7-11-12(9)8-4-1-2-6-10(8)14-11/h1-11,19H;1-11,20H,19H2;1-7H. The first-order valence-corrected chi connectivity index (χ1v) is 19.2. The van der Waals surface area contributed by atoms with Crippen LogP contribution in [0.3, 0.4) is 0 Å². The summed E-state index contributed by atoms with van der Waals surface area (Å²) in [5.41, 5.74) is 15.1. The molecule has 0 bridgehead atoms. The van der Waals surface area contributed by atoms with Crippen molar-refractivity contribution in [3.63, 3.8) is 0 Å². The molecule has 8 aromatic carbocycles. The van der Waals surface area contributed by atoms with Crippen molar-refractivity contribution in [3.8, 4) is 0 Å². The van der Waals surface area contributed by atoms with Crippen molar-refractivity contribution in [2.45, 2.75) is 0 Å². The average Bonchev–Trinajstić information content (AvgIpc) is 3.95. The molecule has 0 amide bonds. The number of nitrogens with one attached hydrogen (secondary N) is 2. The molecule has 0 unspecified atom stereocenters. The molecule has 11 aromatic rings. The number of nitro groups is 1. The zero-order valence-electron chi connectivity index (χ0n) is 30.7. The van der Waals surface area contributed by atoms with Crippen LogP contribution in [-0.2, 0) is 0 Å². The molecule has 0 radical (unpaired) electrons. The predicted octanol–water partition coefficient (Wildman–Crippen LogP) is 14.5. The number of benzene rings is 8. The molecule has 0 aliphatic carbocycles. The lowest BCUT2D eigenvalue weighted by atomic mass is 10.1. The fourth-order valence-electron chi connectivity index (χ4n) is 7.13. The molecule has 10 heteroatoms. The number of furan rings is 3. The number of nitrogen functional groups attached to an aromatic ring is 1. The first kappa shape index (κ1) is 36.1. The molecule has 282 valence electrons. The van der Waals surface area contributed by atoms with Gasteiger partial charge < -0.3 is 29.6 Å². The summed E-state index contributed by atoms with van der Waals surface area (Å²) in [6.07, 6.45) is 0. The van der Waals surface area contributed by atoms with E-state index >= 15 is 0 Å². The molecule has 0 spiro atoms. The molecule has 0 fully saturated rings. The maximum Gasteiger partial charge on any atom is 0.292 e. The molecule has 0 saturated carbocycles. The smallest absolute Gasteiger partial charge is 0.292 e. The van der Waals surface area contributed by atoms with E-state index in [4.69, 9.17) is 19.0 Å². The van der Waals surface area contributed by atoms with E-state index in [2.05, 4.69) is 38.7 Å². The molecular formula is C48H33BrN4O5. The van der Waals surface area contributed by atoms with Gasteiger partial charge in [-0.2, -0.15) is 0 Å². The molecule has 3 heterocycles. The summed E-state index contributed by atoms with van der Waals surface area (Å²) in [5.74, 6) is 0. The van der Waals surface area contributed by atoms with Gasteiger partial charge in [0.25, 0.3) is 5.69 Å². The molecule has 0 aliphatic heterocycles. The maximum atomic E-state index is 11.2. The summed E-state index contributed by atoms with van der Waals surface area (Å²) in [5, 5.41) is 24.2. The molecule has 4 N–H and O–H groups in total. The second kappa shape index (κ2) is 15.5. The van der Waals surface area contributed by atoms with E-state index < -0.39 is 4.92 Å². The Kier molecular flexibility index (Phi) is 9.66. The lowest BCUT2D eigenvalue weighted by Crippen LogP contribution is -1.96. The van der Waals surface area contributed by atoms with Crippen LogP contribution in [0.5, 0.6) is 0 Å². The van der Waals surface area contributed by atoms with Gasteiger partial charge >= 0.3 is 0 Å². The van der Waals surface area contributed by atoms with Gasteiger partial charge in [-0.15, -0.1) is 0 Å². The minimum absolute atomic E-state index is 0.0392. The monoisotopic (exact) mass is 824 g/mol. The summed E-state index contributed by atoms with van der Waals surface area (Å²) in [6, 6.07) is 55.8. The molecule has 9 nitrogen and oxygen atoms in total. The van der Waals surface area contributed by atoms with Crippen LogP contribution in [0.2, 0.25) is 0 Å². The predicted molar refractivity (Wildman–Crippen MR) is 239 cm³/mol. The number of fused-ring (bicyclic) bond motifs is 9. The second-order valence-electron chi connectivity index (χ2n) is 13.4. The second-order valence-corrected chi connectivity index (χ2v) is 14.2. The number of rotatable bonds is 5. The number of hydrogen-bond donors (Lipinski definition) is 3. The molecule has 58 heavy (non-hydrogen) atoms. The third kappa shape index (κ3) is 6.93. The van der Waals surface area contributed by atoms with E-state index in [0.717, 1.165) is 93.0 Å². The van der Waals surface area contributed by atoms with E-state index in [0.29, 0.717) is 5.69 Å². The first-order chi connectivity index (χ1) is 28.4. The number of para-hydroxylation sites is 7. The van der Waals surface area contributed by atoms with Gasteiger partial charge in [0.1, 0.15) is 39.2 Å². The van der Waals surface area contributed by atoms with Gasteiger partial charge in [-0.1, -0.05) is 113 Å². The molecule has 0 atom stereocenters. The van der Waals surface area contributed by atoms with Crippen LogP contribution in [0.1, 0.15) is 0 Å². The van der Waals surface area contributed by atoms with Crippen LogP contribution in [0.4, 0.5) is 34.1 Å². The van der Waals surface area contributed by atoms with Crippen molar-refractivity contribution in [2.75, 3.05) is 16.4 Å². The number of anilines is 5. The molecule has 0 saturated heterocycles. The lowest BCUT2D eigenvalue weighted by Gasteiger charge is -2.10. The van der Waals surface area contributed by atoms with Crippen LogP contribution >= 0.6 is 15.9 Å². The minimum atomic E-state index is -0.393. The Morgan fingerprint density at radius 2 is 0.810 bits per heavy atom. The van der Waals surface area contributed by atoms with Crippen molar-refractivity contribution in [2.24, 2.45) is 0 Å². The Morgan fingerprint density at radius 1 is 0.431 bits per heavy atom. The van der Waals surface area contributed by atoms with Crippen LogP contribution in [0.15, 0.2) is 194 Å². The van der Waals surface area contributed by atoms with E-state index in [-0.39, 0.29) is 5.69 Å². The zero-order valence-corrected chi connectivity index (χ0v) is 32.3. The molecule has 11 rings (SSSR count). The Hall–Kier alpha value is -7.56. The highest BCUT2D eigenvalue weighted by Crippen LogP contribution is 2.38. The summed E-state index contributed by atoms with van der Waals surface area (Å²) in [7, 11) is 0. The van der Waals surface area contributed by atoms with Crippen LogP contribution in [-0.4, -0.2) is 4.92 Å². The number of nitrogens with two attached hydrogens (primary N) is 1. The van der Waals surface area contributed by atoms with Gasteiger partial charge in [0.15, 0.2) is 0 Å². The quantitative estimate of drug-likeness (QED) is 0.0887. The van der Waals surface area contributed by atoms with Gasteiger partial charge in [-0.25, -0.2) is 0 Å². The van der Waals surface area contributed by atoms with Gasteiger partial charge in [0.2, 0.25) is 0 Å². The third-order valence-electron chi connectivity index (χ3n) is 9.76. The highest BCUT2D eigenvalue weighted by molar-refractivity contribution is 9.10. The average molecular weight is 826 g/mol. The molecule has 3 aromatic heterocycles. The topological polar surface area (TPSA) is 133 Å². The van der Waals surface area contributed by atoms with Gasteiger partial charge in [-0.05, 0) is 72.8 Å². The third-order valence-corrected chi connectivity index (χ3v) is 10.4. The largest absolute Gasteiger partial charge is 0.456 e. The number of halogens is 1. The van der Waals surface area contributed by atoms with Crippen LogP contribution < -0.4 is 16.4 Å². The van der Waals surface area contributed by atoms with Crippen LogP contribution in [0, 0.1) is 10.1 Å². The van der Waals surface area contributed by atoms with Gasteiger partial charge in [0.05, 0.1) is 38.4 Å². The van der Waals surface area contributed by atoms with Crippen molar-refractivity contribution in [1.82, 2.24) is 0 Å². The number of nitro benzene ring substituents is 1. The highest BCUT2D eigenvalue weighted by atomic mass is 79.9. The zero-order chi connectivity index (χ0) is 39.6. The fraction of sp³-hybridized carbons (Fsp3) is 0. The van der Waals surface area contributed by atoms with E-state index in [1.165, 1.54) is 6.07 Å². The summed E-state index contributed by atoms with van der Waals surface area (Å²) in [4.78, 5) is 10.8. The van der Waals surface area contributed by atoms with Gasteiger partial charge in [-0.3, -0.25) is 10.1 Å². The Morgan fingerprint density at radius 3 is 1.34 bits per heavy atom. The Balaban J connectivity index is 0.000000116. The number of nitrogens with zero attached hydrogens (tertiary/aromatic N) is 1. The van der Waals surface area contributed by atoms with Crippen LogP contribution in [0.25, 0.3) is 65.8 Å². The summed E-state index contributed by atoms with van der Waals surface area (Å²) < 4.78 is 18.5. The maximum absolute atomic E-state index is 11.2. The Bertz CT molecular complexity index is 3280. The Labute approximate surface area is 339 Å². The van der Waals surface area contributed by atoms with Gasteiger partial charge in [0, 0.05) is 32.1 Å². The molecule has 0 aliphatic rings. The summed E-state index contributed by atoms with van der Waals surface area (Å²) in [6.45, 7) is 0. The lowest BCUT2D eigenvalue weighted by molar-refractivity contribution is -0.383. The van der Waals surface area contributed by atoms with Crippen molar-refractivity contribution in [3.05, 3.63) is 191 Å². The van der Waals surface area contributed by atoms with Crippen molar-refractivity contribution >= 4 is 116 Å².